The molecule has 3 unspecified atom stereocenters. The summed E-state index contributed by atoms with van der Waals surface area (Å²) in [4.78, 5) is 2.45. The predicted molar refractivity (Wildman–Crippen MR) is 76.3 cm³/mol. The van der Waals surface area contributed by atoms with E-state index in [4.69, 9.17) is 5.73 Å². The number of nitrogens with two attached hydrogens (primary N) is 1. The van der Waals surface area contributed by atoms with Gasteiger partial charge in [0.25, 0.3) is 0 Å². The van der Waals surface area contributed by atoms with E-state index in [0.717, 1.165) is 17.9 Å². The van der Waals surface area contributed by atoms with Crippen LogP contribution in [0.15, 0.2) is 24.3 Å². The van der Waals surface area contributed by atoms with Crippen molar-refractivity contribution in [3.05, 3.63) is 35.6 Å². The molecular formula is C14H21FN2S. The minimum atomic E-state index is -0.190. The van der Waals surface area contributed by atoms with Gasteiger partial charge >= 0.3 is 0 Å². The van der Waals surface area contributed by atoms with E-state index < -0.39 is 0 Å². The third kappa shape index (κ3) is 2.87. The highest BCUT2D eigenvalue weighted by Crippen LogP contribution is 2.31. The van der Waals surface area contributed by atoms with Gasteiger partial charge in [-0.3, -0.25) is 4.90 Å². The number of nitrogens with zero attached hydrogens (tertiary/aromatic N) is 1. The van der Waals surface area contributed by atoms with Crippen molar-refractivity contribution in [1.82, 2.24) is 4.90 Å². The van der Waals surface area contributed by atoms with Crippen molar-refractivity contribution in [2.75, 3.05) is 18.8 Å². The third-order valence-corrected chi connectivity index (χ3v) is 5.15. The van der Waals surface area contributed by atoms with Crippen molar-refractivity contribution in [2.24, 2.45) is 5.73 Å². The van der Waals surface area contributed by atoms with Crippen LogP contribution in [0.2, 0.25) is 0 Å². The highest BCUT2D eigenvalue weighted by Gasteiger charge is 2.30. The Labute approximate surface area is 113 Å². The van der Waals surface area contributed by atoms with Crippen LogP contribution in [0.3, 0.4) is 0 Å². The fourth-order valence-corrected chi connectivity index (χ4v) is 3.67. The van der Waals surface area contributed by atoms with Gasteiger partial charge in [-0.1, -0.05) is 19.1 Å². The van der Waals surface area contributed by atoms with Crippen molar-refractivity contribution in [3.8, 4) is 0 Å². The molecule has 0 bridgehead atoms. The summed E-state index contributed by atoms with van der Waals surface area (Å²) in [6.45, 7) is 6.14. The van der Waals surface area contributed by atoms with Crippen LogP contribution in [0.1, 0.15) is 25.5 Å². The quantitative estimate of drug-likeness (QED) is 0.914. The summed E-state index contributed by atoms with van der Waals surface area (Å²) in [5.74, 6) is 0.952. The van der Waals surface area contributed by atoms with E-state index in [1.165, 1.54) is 12.1 Å². The molecule has 1 aliphatic rings. The Hall–Kier alpha value is -0.580. The summed E-state index contributed by atoms with van der Waals surface area (Å²) in [5.41, 5.74) is 7.05. The summed E-state index contributed by atoms with van der Waals surface area (Å²) in [5, 5.41) is 0.619. The monoisotopic (exact) mass is 268 g/mol. The fraction of sp³-hybridized carbons (Fsp3) is 0.571. The normalized spacial score (nSPS) is 27.1. The Bertz CT molecular complexity index is 382. The van der Waals surface area contributed by atoms with E-state index in [1.54, 1.807) is 0 Å². The molecule has 1 aromatic carbocycles. The largest absolute Gasteiger partial charge is 0.329 e. The Kier molecular flexibility index (Phi) is 4.65. The number of halogens is 1. The van der Waals surface area contributed by atoms with E-state index >= 15 is 0 Å². The smallest absolute Gasteiger partial charge is 0.123 e. The molecule has 100 valence electrons. The molecule has 18 heavy (non-hydrogen) atoms. The molecule has 1 fully saturated rings. The van der Waals surface area contributed by atoms with Crippen LogP contribution in [0.4, 0.5) is 4.39 Å². The summed E-state index contributed by atoms with van der Waals surface area (Å²) in [6.07, 6.45) is 0. The van der Waals surface area contributed by atoms with Gasteiger partial charge in [-0.15, -0.1) is 0 Å². The van der Waals surface area contributed by atoms with Gasteiger partial charge in [0.15, 0.2) is 0 Å². The second kappa shape index (κ2) is 6.04. The van der Waals surface area contributed by atoms with Crippen LogP contribution in [0.5, 0.6) is 0 Å². The fourth-order valence-electron chi connectivity index (χ4n) is 2.54. The van der Waals surface area contributed by atoms with Gasteiger partial charge in [-0.25, -0.2) is 4.39 Å². The van der Waals surface area contributed by atoms with E-state index in [2.05, 4.69) is 18.7 Å². The first-order chi connectivity index (χ1) is 8.63. The summed E-state index contributed by atoms with van der Waals surface area (Å²) < 4.78 is 13.0. The number of hydrogen-bond donors (Lipinski definition) is 1. The van der Waals surface area contributed by atoms with Crippen LogP contribution >= 0.6 is 11.8 Å². The molecule has 0 aliphatic carbocycles. The van der Waals surface area contributed by atoms with Gasteiger partial charge in [0, 0.05) is 36.2 Å². The molecule has 1 aromatic rings. The van der Waals surface area contributed by atoms with E-state index in [9.17, 15) is 4.39 Å². The van der Waals surface area contributed by atoms with Crippen LogP contribution < -0.4 is 5.73 Å². The summed E-state index contributed by atoms with van der Waals surface area (Å²) in [6, 6.07) is 7.44. The Morgan fingerprint density at radius 2 is 2.06 bits per heavy atom. The molecule has 3 atom stereocenters. The first kappa shape index (κ1) is 13.8. The minimum absolute atomic E-state index is 0.190. The second-order valence-corrected chi connectivity index (χ2v) is 6.34. The average molecular weight is 268 g/mol. The number of thioether (sulfide) groups is 1. The topological polar surface area (TPSA) is 29.3 Å². The third-order valence-electron chi connectivity index (χ3n) is 3.81. The number of benzene rings is 1. The molecule has 2 rings (SSSR count). The molecule has 0 aromatic heterocycles. The van der Waals surface area contributed by atoms with Gasteiger partial charge in [0.1, 0.15) is 5.82 Å². The van der Waals surface area contributed by atoms with Gasteiger partial charge in [-0.05, 0) is 24.6 Å². The van der Waals surface area contributed by atoms with E-state index in [1.807, 2.05) is 23.9 Å². The van der Waals surface area contributed by atoms with Crippen molar-refractivity contribution in [3.63, 3.8) is 0 Å². The number of rotatable bonds is 3. The van der Waals surface area contributed by atoms with Gasteiger partial charge in [0.05, 0.1) is 0 Å². The maximum Gasteiger partial charge on any atom is 0.123 e. The predicted octanol–water partition coefficient (Wildman–Crippen LogP) is 2.65. The first-order valence-electron chi connectivity index (χ1n) is 6.46. The van der Waals surface area contributed by atoms with Crippen molar-refractivity contribution >= 4 is 11.8 Å². The van der Waals surface area contributed by atoms with Gasteiger partial charge in [-0.2, -0.15) is 11.8 Å². The molecule has 1 heterocycles. The molecule has 0 radical (unpaired) electrons. The average Bonchev–Trinajstić information content (AvgIpc) is 2.37. The molecule has 0 saturated carbocycles. The molecule has 1 aliphatic heterocycles. The van der Waals surface area contributed by atoms with Crippen LogP contribution in [-0.4, -0.2) is 35.0 Å². The van der Waals surface area contributed by atoms with Crippen molar-refractivity contribution in [1.29, 1.82) is 0 Å². The van der Waals surface area contributed by atoms with Crippen molar-refractivity contribution < 1.29 is 4.39 Å². The Balaban J connectivity index is 2.19. The zero-order chi connectivity index (χ0) is 13.1. The van der Waals surface area contributed by atoms with Crippen molar-refractivity contribution in [2.45, 2.75) is 31.2 Å². The van der Waals surface area contributed by atoms with Gasteiger partial charge in [0.2, 0.25) is 0 Å². The highest BCUT2D eigenvalue weighted by atomic mass is 32.2. The summed E-state index contributed by atoms with van der Waals surface area (Å²) >= 11 is 2.01. The lowest BCUT2D eigenvalue weighted by atomic mass is 10.0. The SMILES string of the molecule is CC1SCCN(C(CN)c2ccc(F)cc2)C1C. The van der Waals surface area contributed by atoms with Crippen LogP contribution in [0.25, 0.3) is 0 Å². The highest BCUT2D eigenvalue weighted by molar-refractivity contribution is 8.00. The lowest BCUT2D eigenvalue weighted by Gasteiger charge is -2.42. The zero-order valence-electron chi connectivity index (χ0n) is 11.0. The molecule has 4 heteroatoms. The molecule has 2 N–H and O–H groups in total. The summed E-state index contributed by atoms with van der Waals surface area (Å²) in [7, 11) is 0. The van der Waals surface area contributed by atoms with Crippen LogP contribution in [-0.2, 0) is 0 Å². The lowest BCUT2D eigenvalue weighted by Crippen LogP contribution is -2.48. The molecule has 0 amide bonds. The molecule has 1 saturated heterocycles. The maximum absolute atomic E-state index is 13.0. The minimum Gasteiger partial charge on any atom is -0.329 e. The first-order valence-corrected chi connectivity index (χ1v) is 7.51. The zero-order valence-corrected chi connectivity index (χ0v) is 11.8. The molecule has 0 spiro atoms. The molecule has 2 nitrogen and oxygen atoms in total. The maximum atomic E-state index is 13.0. The second-order valence-electron chi connectivity index (χ2n) is 4.86. The Morgan fingerprint density at radius 3 is 2.67 bits per heavy atom. The lowest BCUT2D eigenvalue weighted by molar-refractivity contribution is 0.150. The number of hydrogen-bond acceptors (Lipinski definition) is 3. The molecular weight excluding hydrogens is 247 g/mol. The standard InChI is InChI=1S/C14H21FN2S/c1-10-11(2)18-8-7-17(10)14(9-16)12-3-5-13(15)6-4-12/h3-6,10-11,14H,7-9,16H2,1-2H3. The van der Waals surface area contributed by atoms with E-state index in [0.29, 0.717) is 17.8 Å². The van der Waals surface area contributed by atoms with Crippen LogP contribution in [0, 0.1) is 5.82 Å². The van der Waals surface area contributed by atoms with Gasteiger partial charge < -0.3 is 5.73 Å². The Morgan fingerprint density at radius 1 is 1.39 bits per heavy atom. The van der Waals surface area contributed by atoms with E-state index in [-0.39, 0.29) is 11.9 Å².